The molecule has 3 heterocycles. The number of aliphatic hydroxyl groups excluding tert-OH is 1. The third-order valence-corrected chi connectivity index (χ3v) is 6.16. The second-order valence-electron chi connectivity index (χ2n) is 8.33. The third-order valence-electron chi connectivity index (χ3n) is 6.16. The van der Waals surface area contributed by atoms with Gasteiger partial charge in [0.25, 0.3) is 0 Å². The Bertz CT molecular complexity index is 814. The van der Waals surface area contributed by atoms with Crippen LogP contribution < -0.4 is 10.6 Å². The minimum Gasteiger partial charge on any atom is -0.395 e. The number of nitrogens with one attached hydrogen (secondary N) is 2. The number of hydrogen-bond donors (Lipinski definition) is 3. The minimum absolute atomic E-state index is 0.0360. The van der Waals surface area contributed by atoms with Crippen molar-refractivity contribution in [2.24, 2.45) is 11.8 Å². The number of hydrogen-bond acceptors (Lipinski definition) is 5. The van der Waals surface area contributed by atoms with Crippen molar-refractivity contribution < 1.29 is 24.2 Å². The number of amides is 3. The van der Waals surface area contributed by atoms with Crippen LogP contribution in [0.2, 0.25) is 0 Å². The Morgan fingerprint density at radius 1 is 1.28 bits per heavy atom. The second kappa shape index (κ2) is 7.42. The van der Waals surface area contributed by atoms with Gasteiger partial charge in [-0.15, -0.1) is 0 Å². The zero-order valence-corrected chi connectivity index (χ0v) is 16.6. The summed E-state index contributed by atoms with van der Waals surface area (Å²) >= 11 is 0. The number of nitrogens with zero attached hydrogens (tertiary/aromatic N) is 1. The first-order valence-electron chi connectivity index (χ1n) is 10.1. The molecular formula is C21H27N3O5. The van der Waals surface area contributed by atoms with Gasteiger partial charge in [-0.25, -0.2) is 0 Å². The molecule has 1 spiro atoms. The smallest absolute Gasteiger partial charge is 0.246 e. The number of anilines is 1. The number of aliphatic hydroxyl groups is 1. The number of fused-ring (bicyclic) bond motifs is 1. The van der Waals surface area contributed by atoms with Gasteiger partial charge in [0.05, 0.1) is 24.5 Å². The average molecular weight is 401 g/mol. The number of likely N-dealkylation sites (tertiary alicyclic amines) is 1. The molecule has 8 nitrogen and oxygen atoms in total. The number of carbonyl (C=O) groups is 3. The Kier molecular flexibility index (Phi) is 5.08. The molecule has 1 aromatic rings. The van der Waals surface area contributed by atoms with Crippen LogP contribution in [0.15, 0.2) is 30.3 Å². The predicted molar refractivity (Wildman–Crippen MR) is 105 cm³/mol. The highest BCUT2D eigenvalue weighted by Gasteiger charge is 2.74. The molecule has 3 fully saturated rings. The summed E-state index contributed by atoms with van der Waals surface area (Å²) in [7, 11) is 0. The molecule has 0 aromatic heterocycles. The molecule has 0 aliphatic carbocycles. The fourth-order valence-electron chi connectivity index (χ4n) is 5.21. The number of ether oxygens (including phenoxy) is 1. The van der Waals surface area contributed by atoms with Crippen LogP contribution in [0.5, 0.6) is 0 Å². The van der Waals surface area contributed by atoms with Crippen molar-refractivity contribution in [1.29, 1.82) is 0 Å². The molecule has 156 valence electrons. The van der Waals surface area contributed by atoms with E-state index in [0.29, 0.717) is 18.5 Å². The van der Waals surface area contributed by atoms with Gasteiger partial charge in [-0.1, -0.05) is 18.2 Å². The summed E-state index contributed by atoms with van der Waals surface area (Å²) in [5.41, 5.74) is -0.365. The van der Waals surface area contributed by atoms with Crippen LogP contribution in [0, 0.1) is 11.8 Å². The maximum atomic E-state index is 13.3. The number of para-hydroxylation sites is 1. The van der Waals surface area contributed by atoms with E-state index in [1.54, 1.807) is 12.1 Å². The molecule has 2 bridgehead atoms. The summed E-state index contributed by atoms with van der Waals surface area (Å²) in [5.74, 6) is -2.24. The lowest BCUT2D eigenvalue weighted by Crippen LogP contribution is -2.56. The van der Waals surface area contributed by atoms with Crippen LogP contribution in [-0.4, -0.2) is 64.7 Å². The Morgan fingerprint density at radius 3 is 2.66 bits per heavy atom. The lowest BCUT2D eigenvalue weighted by atomic mass is 9.70. The molecule has 3 aliphatic rings. The molecule has 5 atom stereocenters. The zero-order valence-electron chi connectivity index (χ0n) is 16.6. The predicted octanol–water partition coefficient (Wildman–Crippen LogP) is 0.517. The van der Waals surface area contributed by atoms with Crippen LogP contribution in [0.25, 0.3) is 0 Å². The molecule has 3 aliphatic heterocycles. The number of benzene rings is 1. The molecule has 4 rings (SSSR count). The first-order valence-corrected chi connectivity index (χ1v) is 10.1. The van der Waals surface area contributed by atoms with Crippen LogP contribution in [0.3, 0.4) is 0 Å². The summed E-state index contributed by atoms with van der Waals surface area (Å²) in [5, 5.41) is 15.2. The van der Waals surface area contributed by atoms with E-state index in [1.807, 2.05) is 32.0 Å². The summed E-state index contributed by atoms with van der Waals surface area (Å²) in [6.45, 7) is 3.48. The Balaban J connectivity index is 1.65. The van der Waals surface area contributed by atoms with E-state index in [-0.39, 0.29) is 36.9 Å². The van der Waals surface area contributed by atoms with Gasteiger partial charge >= 0.3 is 0 Å². The number of carbonyl (C=O) groups excluding carboxylic acids is 3. The van der Waals surface area contributed by atoms with Gasteiger partial charge in [-0.3, -0.25) is 14.4 Å². The number of rotatable bonds is 6. The van der Waals surface area contributed by atoms with Crippen LogP contribution in [0.1, 0.15) is 26.7 Å². The van der Waals surface area contributed by atoms with Crippen molar-refractivity contribution in [1.82, 2.24) is 10.2 Å². The molecule has 3 N–H and O–H groups in total. The highest BCUT2D eigenvalue weighted by Crippen LogP contribution is 2.58. The topological polar surface area (TPSA) is 108 Å². The zero-order chi connectivity index (χ0) is 20.8. The molecular weight excluding hydrogens is 374 g/mol. The molecule has 3 saturated heterocycles. The standard InChI is InChI=1S/C21H27N3O5/c1-12(2)22-19(27)17-21-9-8-14(29-21)15(16(21)20(28)24(17)10-11-25)18(26)23-13-6-4-3-5-7-13/h3-7,12,14-17,25H,8-11H2,1-2H3,(H,22,27)(H,23,26)/t14-,15+,16-,17?,21?/m0/s1. The quantitative estimate of drug-likeness (QED) is 0.644. The Hall–Kier alpha value is -2.45. The van der Waals surface area contributed by atoms with E-state index in [1.165, 1.54) is 4.90 Å². The lowest BCUT2D eigenvalue weighted by molar-refractivity contribution is -0.142. The van der Waals surface area contributed by atoms with Crippen molar-refractivity contribution in [3.8, 4) is 0 Å². The largest absolute Gasteiger partial charge is 0.395 e. The number of β-amino-alcohol motifs (C(OH)–C–C–N with tert-alkyl or cyclic N) is 1. The molecule has 8 heteroatoms. The first-order chi connectivity index (χ1) is 13.9. The molecule has 2 unspecified atom stereocenters. The summed E-state index contributed by atoms with van der Waals surface area (Å²) in [6, 6.07) is 8.14. The van der Waals surface area contributed by atoms with E-state index in [4.69, 9.17) is 4.74 Å². The maximum absolute atomic E-state index is 13.3. The molecule has 3 amide bonds. The van der Waals surface area contributed by atoms with Crippen LogP contribution in [0.4, 0.5) is 5.69 Å². The van der Waals surface area contributed by atoms with Crippen molar-refractivity contribution in [3.05, 3.63) is 30.3 Å². The van der Waals surface area contributed by atoms with Gasteiger partial charge in [0, 0.05) is 18.3 Å². The lowest BCUT2D eigenvalue weighted by Gasteiger charge is -2.33. The van der Waals surface area contributed by atoms with E-state index in [0.717, 1.165) is 0 Å². The van der Waals surface area contributed by atoms with Gasteiger partial charge in [0.2, 0.25) is 17.7 Å². The highest BCUT2D eigenvalue weighted by molar-refractivity contribution is 6.02. The molecule has 1 aromatic carbocycles. The SMILES string of the molecule is CC(C)NC(=O)C1N(CCO)C(=O)[C@@H]2[C@H](C(=O)Nc3ccccc3)[C@@H]3CCC12O3. The molecule has 0 radical (unpaired) electrons. The summed E-state index contributed by atoms with van der Waals surface area (Å²) in [4.78, 5) is 40.8. The van der Waals surface area contributed by atoms with Gasteiger partial charge < -0.3 is 25.4 Å². The summed E-state index contributed by atoms with van der Waals surface area (Å²) in [6.07, 6.45) is 0.773. The normalized spacial score (nSPS) is 32.6. The van der Waals surface area contributed by atoms with Gasteiger partial charge in [0.15, 0.2) is 0 Å². The minimum atomic E-state index is -1.02. The monoisotopic (exact) mass is 401 g/mol. The van der Waals surface area contributed by atoms with Crippen molar-refractivity contribution in [3.63, 3.8) is 0 Å². The van der Waals surface area contributed by atoms with Gasteiger partial charge in [0.1, 0.15) is 11.6 Å². The van der Waals surface area contributed by atoms with Crippen LogP contribution in [-0.2, 0) is 19.1 Å². The Morgan fingerprint density at radius 2 is 2.00 bits per heavy atom. The third kappa shape index (κ3) is 3.11. The highest BCUT2D eigenvalue weighted by atomic mass is 16.5. The van der Waals surface area contributed by atoms with Crippen molar-refractivity contribution in [2.45, 2.75) is 50.5 Å². The fraction of sp³-hybridized carbons (Fsp3) is 0.571. The van der Waals surface area contributed by atoms with Gasteiger partial charge in [-0.2, -0.15) is 0 Å². The average Bonchev–Trinajstić information content (AvgIpc) is 3.30. The molecule has 0 saturated carbocycles. The van der Waals surface area contributed by atoms with E-state index < -0.39 is 29.6 Å². The fourth-order valence-corrected chi connectivity index (χ4v) is 5.21. The van der Waals surface area contributed by atoms with E-state index >= 15 is 0 Å². The first kappa shape index (κ1) is 19.8. The second-order valence-corrected chi connectivity index (χ2v) is 8.33. The van der Waals surface area contributed by atoms with Crippen molar-refractivity contribution >= 4 is 23.4 Å². The van der Waals surface area contributed by atoms with E-state index in [9.17, 15) is 19.5 Å². The maximum Gasteiger partial charge on any atom is 0.246 e. The Labute approximate surface area is 169 Å². The summed E-state index contributed by atoms with van der Waals surface area (Å²) < 4.78 is 6.25. The van der Waals surface area contributed by atoms with E-state index in [2.05, 4.69) is 10.6 Å². The molecule has 29 heavy (non-hydrogen) atoms. The van der Waals surface area contributed by atoms with Crippen molar-refractivity contribution in [2.75, 3.05) is 18.5 Å². The van der Waals surface area contributed by atoms with Gasteiger partial charge in [-0.05, 0) is 38.8 Å². The van der Waals surface area contributed by atoms with Crippen LogP contribution >= 0.6 is 0 Å².